The summed E-state index contributed by atoms with van der Waals surface area (Å²) in [4.78, 5) is 16.0. The van der Waals surface area contributed by atoms with Crippen LogP contribution in [0.1, 0.15) is 10.4 Å². The van der Waals surface area contributed by atoms with Crippen molar-refractivity contribution in [1.82, 2.24) is 14.0 Å². The van der Waals surface area contributed by atoms with E-state index in [2.05, 4.69) is 4.98 Å². The first-order valence-electron chi connectivity index (χ1n) is 4.98. The van der Waals surface area contributed by atoms with E-state index in [4.69, 9.17) is 0 Å². The summed E-state index contributed by atoms with van der Waals surface area (Å²) in [5.74, 6) is -0.673. The Labute approximate surface area is 108 Å². The normalized spacial score (nSPS) is 11.9. The zero-order chi connectivity index (χ0) is 13.3. The van der Waals surface area contributed by atoms with Crippen LogP contribution in [0.2, 0.25) is 0 Å². The van der Waals surface area contributed by atoms with Gasteiger partial charge in [0.25, 0.3) is 5.91 Å². The third kappa shape index (κ3) is 2.35. The first-order chi connectivity index (χ1) is 8.42. The van der Waals surface area contributed by atoms with Gasteiger partial charge in [0.1, 0.15) is 0 Å². The van der Waals surface area contributed by atoms with Crippen LogP contribution in [0.3, 0.4) is 0 Å². The standard InChI is InChI=1S/C10H11N3O3S2/c1-13(2)18(15,16)12-10(14)7-6-17-8-4-3-5-11-9(7)8/h3-6H,1-2H3,(H,12,14). The molecule has 0 atom stereocenters. The topological polar surface area (TPSA) is 79.4 Å². The molecule has 2 rings (SSSR count). The summed E-state index contributed by atoms with van der Waals surface area (Å²) < 4.78 is 26.8. The Morgan fingerprint density at radius 3 is 2.83 bits per heavy atom. The summed E-state index contributed by atoms with van der Waals surface area (Å²) in [6.07, 6.45) is 1.56. The molecule has 1 amide bonds. The zero-order valence-electron chi connectivity index (χ0n) is 9.75. The Kier molecular flexibility index (Phi) is 3.33. The summed E-state index contributed by atoms with van der Waals surface area (Å²) >= 11 is 1.34. The maximum Gasteiger partial charge on any atom is 0.303 e. The van der Waals surface area contributed by atoms with Crippen LogP contribution in [-0.2, 0) is 10.2 Å². The Bertz CT molecular complexity index is 691. The van der Waals surface area contributed by atoms with E-state index in [1.807, 2.05) is 10.8 Å². The molecule has 0 radical (unpaired) electrons. The van der Waals surface area contributed by atoms with E-state index >= 15 is 0 Å². The predicted molar refractivity (Wildman–Crippen MR) is 69.7 cm³/mol. The van der Waals surface area contributed by atoms with Gasteiger partial charge in [0.15, 0.2) is 0 Å². The summed E-state index contributed by atoms with van der Waals surface area (Å²) in [5, 5.41) is 1.60. The van der Waals surface area contributed by atoms with Gasteiger partial charge >= 0.3 is 10.2 Å². The average Bonchev–Trinajstić information content (AvgIpc) is 2.71. The van der Waals surface area contributed by atoms with Crippen LogP contribution in [-0.4, -0.2) is 37.7 Å². The van der Waals surface area contributed by atoms with Crippen molar-refractivity contribution in [2.75, 3.05) is 14.1 Å². The molecule has 0 unspecified atom stereocenters. The van der Waals surface area contributed by atoms with Crippen molar-refractivity contribution in [3.63, 3.8) is 0 Å². The van der Waals surface area contributed by atoms with Crippen molar-refractivity contribution in [1.29, 1.82) is 0 Å². The average molecular weight is 285 g/mol. The van der Waals surface area contributed by atoms with E-state index in [1.54, 1.807) is 17.6 Å². The zero-order valence-corrected chi connectivity index (χ0v) is 11.4. The van der Waals surface area contributed by atoms with Crippen LogP contribution >= 0.6 is 11.3 Å². The molecule has 0 saturated heterocycles. The molecule has 0 aliphatic carbocycles. The lowest BCUT2D eigenvalue weighted by atomic mass is 10.2. The molecular weight excluding hydrogens is 274 g/mol. The fourth-order valence-corrected chi connectivity index (χ4v) is 2.71. The fourth-order valence-electron chi connectivity index (χ4n) is 1.29. The predicted octanol–water partition coefficient (Wildman–Crippen LogP) is 0.833. The second-order valence-corrected chi connectivity index (χ2v) is 6.51. The number of rotatable bonds is 3. The van der Waals surface area contributed by atoms with Gasteiger partial charge in [-0.25, -0.2) is 4.72 Å². The van der Waals surface area contributed by atoms with Gasteiger partial charge in [0, 0.05) is 25.7 Å². The summed E-state index contributed by atoms with van der Waals surface area (Å²) in [7, 11) is -1.09. The minimum absolute atomic E-state index is 0.265. The lowest BCUT2D eigenvalue weighted by Gasteiger charge is -2.11. The maximum absolute atomic E-state index is 11.9. The number of aromatic nitrogens is 1. The number of thiophene rings is 1. The SMILES string of the molecule is CN(C)S(=O)(=O)NC(=O)c1csc2cccnc12. The molecule has 2 heterocycles. The Balaban J connectivity index is 2.36. The highest BCUT2D eigenvalue weighted by Crippen LogP contribution is 2.23. The van der Waals surface area contributed by atoms with Crippen molar-refractivity contribution in [3.8, 4) is 0 Å². The molecule has 0 aromatic carbocycles. The molecule has 18 heavy (non-hydrogen) atoms. The molecule has 2 aromatic heterocycles. The van der Waals surface area contributed by atoms with Gasteiger partial charge in [-0.2, -0.15) is 12.7 Å². The van der Waals surface area contributed by atoms with Gasteiger partial charge in [0.2, 0.25) is 0 Å². The van der Waals surface area contributed by atoms with Gasteiger partial charge in [-0.15, -0.1) is 11.3 Å². The summed E-state index contributed by atoms with van der Waals surface area (Å²) in [6.45, 7) is 0. The highest BCUT2D eigenvalue weighted by molar-refractivity contribution is 7.87. The number of carbonyl (C=O) groups excluding carboxylic acids is 1. The number of carbonyl (C=O) groups is 1. The van der Waals surface area contributed by atoms with Crippen molar-refractivity contribution in [2.24, 2.45) is 0 Å². The second-order valence-electron chi connectivity index (χ2n) is 3.72. The van der Waals surface area contributed by atoms with Crippen molar-refractivity contribution < 1.29 is 13.2 Å². The van der Waals surface area contributed by atoms with Crippen LogP contribution in [0.4, 0.5) is 0 Å². The number of hydrogen-bond donors (Lipinski definition) is 1. The third-order valence-electron chi connectivity index (χ3n) is 2.28. The van der Waals surface area contributed by atoms with E-state index in [-0.39, 0.29) is 5.56 Å². The smallest absolute Gasteiger partial charge is 0.268 e. The van der Waals surface area contributed by atoms with Crippen molar-refractivity contribution >= 4 is 37.7 Å². The fraction of sp³-hybridized carbons (Fsp3) is 0.200. The molecular formula is C10H11N3O3S2. The lowest BCUT2D eigenvalue weighted by Crippen LogP contribution is -2.39. The highest BCUT2D eigenvalue weighted by atomic mass is 32.2. The maximum atomic E-state index is 11.9. The third-order valence-corrected chi connectivity index (χ3v) is 4.62. The van der Waals surface area contributed by atoms with Crippen LogP contribution in [0.5, 0.6) is 0 Å². The van der Waals surface area contributed by atoms with Gasteiger partial charge in [-0.3, -0.25) is 9.78 Å². The van der Waals surface area contributed by atoms with Gasteiger partial charge in [-0.1, -0.05) is 0 Å². The van der Waals surface area contributed by atoms with E-state index in [0.717, 1.165) is 9.01 Å². The van der Waals surface area contributed by atoms with E-state index in [9.17, 15) is 13.2 Å². The molecule has 0 aliphatic rings. The number of nitrogens with zero attached hydrogens (tertiary/aromatic N) is 2. The van der Waals surface area contributed by atoms with Gasteiger partial charge in [-0.05, 0) is 12.1 Å². The van der Waals surface area contributed by atoms with Crippen LogP contribution in [0, 0.1) is 0 Å². The molecule has 0 fully saturated rings. The first-order valence-corrected chi connectivity index (χ1v) is 7.30. The highest BCUT2D eigenvalue weighted by Gasteiger charge is 2.20. The summed E-state index contributed by atoms with van der Waals surface area (Å²) in [5.41, 5.74) is 0.773. The molecule has 96 valence electrons. The van der Waals surface area contributed by atoms with E-state index < -0.39 is 16.1 Å². The minimum Gasteiger partial charge on any atom is -0.268 e. The van der Waals surface area contributed by atoms with Gasteiger partial charge in [0.05, 0.1) is 15.8 Å². The number of fused-ring (bicyclic) bond motifs is 1. The Morgan fingerprint density at radius 1 is 1.44 bits per heavy atom. The van der Waals surface area contributed by atoms with Crippen LogP contribution in [0.15, 0.2) is 23.7 Å². The quantitative estimate of drug-likeness (QED) is 0.906. The number of amides is 1. The number of nitrogens with one attached hydrogen (secondary N) is 1. The molecule has 0 aliphatic heterocycles. The molecule has 6 nitrogen and oxygen atoms in total. The summed E-state index contributed by atoms with van der Waals surface area (Å²) in [6, 6.07) is 3.58. The first kappa shape index (κ1) is 12.9. The number of pyridine rings is 1. The van der Waals surface area contributed by atoms with Crippen molar-refractivity contribution in [2.45, 2.75) is 0 Å². The Morgan fingerprint density at radius 2 is 2.17 bits per heavy atom. The second kappa shape index (κ2) is 4.63. The molecule has 8 heteroatoms. The Hall–Kier alpha value is -1.51. The molecule has 2 aromatic rings. The lowest BCUT2D eigenvalue weighted by molar-refractivity contribution is 0.0981. The number of hydrogen-bond acceptors (Lipinski definition) is 5. The minimum atomic E-state index is -3.78. The largest absolute Gasteiger partial charge is 0.303 e. The molecule has 1 N–H and O–H groups in total. The van der Waals surface area contributed by atoms with Gasteiger partial charge < -0.3 is 0 Å². The van der Waals surface area contributed by atoms with E-state index in [0.29, 0.717) is 5.52 Å². The van der Waals surface area contributed by atoms with E-state index in [1.165, 1.54) is 25.4 Å². The van der Waals surface area contributed by atoms with Crippen LogP contribution < -0.4 is 4.72 Å². The molecule has 0 bridgehead atoms. The molecule has 0 spiro atoms. The van der Waals surface area contributed by atoms with Crippen LogP contribution in [0.25, 0.3) is 10.2 Å². The molecule has 0 saturated carbocycles. The van der Waals surface area contributed by atoms with Crippen molar-refractivity contribution in [3.05, 3.63) is 29.3 Å². The monoisotopic (exact) mass is 285 g/mol.